The minimum absolute atomic E-state index is 0.177. The highest BCUT2D eigenvalue weighted by Gasteiger charge is 2.23. The van der Waals surface area contributed by atoms with Gasteiger partial charge in [-0.15, -0.1) is 0 Å². The van der Waals surface area contributed by atoms with Gasteiger partial charge in [0.25, 0.3) is 0 Å². The van der Waals surface area contributed by atoms with Crippen LogP contribution < -0.4 is 5.32 Å². The van der Waals surface area contributed by atoms with Gasteiger partial charge in [-0.05, 0) is 30.5 Å². The number of nitrogens with zero attached hydrogens (tertiary/aromatic N) is 1. The second kappa shape index (κ2) is 6.05. The largest absolute Gasteiger partial charge is 0.309 e. The van der Waals surface area contributed by atoms with Crippen LogP contribution in [-0.4, -0.2) is 6.04 Å². The molecule has 2 atom stereocenters. The summed E-state index contributed by atoms with van der Waals surface area (Å²) in [4.78, 5) is 0. The third-order valence-corrected chi connectivity index (χ3v) is 3.67. The summed E-state index contributed by atoms with van der Waals surface area (Å²) in [6, 6.07) is 10.6. The molecule has 2 unspecified atom stereocenters. The molecule has 1 fully saturated rings. The summed E-state index contributed by atoms with van der Waals surface area (Å²) in [7, 11) is 0. The molecule has 1 aliphatic carbocycles. The molecule has 1 N–H and O–H groups in total. The fraction of sp³-hybridized carbons (Fsp3) is 0.500. The van der Waals surface area contributed by atoms with Crippen LogP contribution in [0.2, 0.25) is 5.02 Å². The molecular formula is C14H17ClN2. The predicted octanol–water partition coefficient (Wildman–Crippen LogP) is 3.51. The molecule has 0 radical (unpaired) electrons. The van der Waals surface area contributed by atoms with Gasteiger partial charge in [0.15, 0.2) is 0 Å². The van der Waals surface area contributed by atoms with Gasteiger partial charge in [0.05, 0.1) is 12.0 Å². The lowest BCUT2D eigenvalue weighted by Gasteiger charge is -2.27. The third kappa shape index (κ3) is 3.46. The van der Waals surface area contributed by atoms with E-state index in [1.165, 1.54) is 18.4 Å². The first-order valence-electron chi connectivity index (χ1n) is 6.17. The third-order valence-electron chi connectivity index (χ3n) is 3.41. The zero-order valence-electron chi connectivity index (χ0n) is 9.82. The van der Waals surface area contributed by atoms with Crippen molar-refractivity contribution in [2.75, 3.05) is 0 Å². The second-order valence-electron chi connectivity index (χ2n) is 4.63. The maximum absolute atomic E-state index is 9.09. The van der Waals surface area contributed by atoms with Crippen molar-refractivity contribution in [3.63, 3.8) is 0 Å². The molecule has 0 aromatic heterocycles. The van der Waals surface area contributed by atoms with Crippen LogP contribution in [0.1, 0.15) is 31.2 Å². The van der Waals surface area contributed by atoms with Crippen molar-refractivity contribution < 1.29 is 0 Å². The van der Waals surface area contributed by atoms with E-state index in [2.05, 4.69) is 11.4 Å². The summed E-state index contributed by atoms with van der Waals surface area (Å²) in [5.41, 5.74) is 1.22. The molecule has 1 aromatic carbocycles. The Kier molecular flexibility index (Phi) is 4.42. The number of rotatable bonds is 3. The minimum atomic E-state index is 0.177. The Balaban J connectivity index is 1.88. The highest BCUT2D eigenvalue weighted by molar-refractivity contribution is 6.30. The number of hydrogen-bond acceptors (Lipinski definition) is 2. The van der Waals surface area contributed by atoms with Gasteiger partial charge in [-0.25, -0.2) is 0 Å². The van der Waals surface area contributed by atoms with Crippen molar-refractivity contribution in [3.05, 3.63) is 34.9 Å². The molecular weight excluding hydrogens is 232 g/mol. The van der Waals surface area contributed by atoms with E-state index in [0.717, 1.165) is 24.4 Å². The van der Waals surface area contributed by atoms with Crippen LogP contribution in [0.4, 0.5) is 0 Å². The number of benzene rings is 1. The molecule has 0 saturated heterocycles. The van der Waals surface area contributed by atoms with Gasteiger partial charge in [-0.1, -0.05) is 36.6 Å². The molecule has 2 rings (SSSR count). The van der Waals surface area contributed by atoms with E-state index < -0.39 is 0 Å². The summed E-state index contributed by atoms with van der Waals surface area (Å²) in [6.07, 6.45) is 4.58. The van der Waals surface area contributed by atoms with Crippen molar-refractivity contribution in [3.8, 4) is 6.07 Å². The van der Waals surface area contributed by atoms with Gasteiger partial charge in [0.2, 0.25) is 0 Å². The molecule has 0 amide bonds. The van der Waals surface area contributed by atoms with Crippen LogP contribution in [0.25, 0.3) is 0 Å². The highest BCUT2D eigenvalue weighted by Crippen LogP contribution is 2.24. The fourth-order valence-electron chi connectivity index (χ4n) is 2.38. The van der Waals surface area contributed by atoms with E-state index in [1.807, 2.05) is 24.3 Å². The Morgan fingerprint density at radius 1 is 1.24 bits per heavy atom. The van der Waals surface area contributed by atoms with Crippen molar-refractivity contribution in [1.29, 1.82) is 5.26 Å². The van der Waals surface area contributed by atoms with E-state index in [-0.39, 0.29) is 5.92 Å². The van der Waals surface area contributed by atoms with Crippen LogP contribution in [0.15, 0.2) is 24.3 Å². The summed E-state index contributed by atoms with van der Waals surface area (Å²) in [5.74, 6) is 0.177. The van der Waals surface area contributed by atoms with E-state index in [0.29, 0.717) is 6.04 Å². The monoisotopic (exact) mass is 248 g/mol. The average Bonchev–Trinajstić information content (AvgIpc) is 2.38. The van der Waals surface area contributed by atoms with Gasteiger partial charge in [0, 0.05) is 17.6 Å². The summed E-state index contributed by atoms with van der Waals surface area (Å²) >= 11 is 5.84. The molecule has 0 heterocycles. The van der Waals surface area contributed by atoms with Gasteiger partial charge in [-0.3, -0.25) is 0 Å². The van der Waals surface area contributed by atoms with Gasteiger partial charge in [0.1, 0.15) is 0 Å². The Morgan fingerprint density at radius 3 is 2.65 bits per heavy atom. The van der Waals surface area contributed by atoms with E-state index >= 15 is 0 Å². The lowest BCUT2D eigenvalue weighted by molar-refractivity contribution is 0.311. The first kappa shape index (κ1) is 12.4. The number of hydrogen-bond donors (Lipinski definition) is 1. The topological polar surface area (TPSA) is 35.8 Å². The molecule has 3 heteroatoms. The molecule has 1 aliphatic rings. The van der Waals surface area contributed by atoms with Gasteiger partial charge in [-0.2, -0.15) is 5.26 Å². The SMILES string of the molecule is N#CC1CCCCC1NCc1ccc(Cl)cc1. The van der Waals surface area contributed by atoms with Crippen molar-refractivity contribution in [2.45, 2.75) is 38.3 Å². The Morgan fingerprint density at radius 2 is 1.94 bits per heavy atom. The fourth-order valence-corrected chi connectivity index (χ4v) is 2.51. The second-order valence-corrected chi connectivity index (χ2v) is 5.07. The first-order chi connectivity index (χ1) is 8.29. The summed E-state index contributed by atoms with van der Waals surface area (Å²) in [5, 5.41) is 13.3. The molecule has 1 aromatic rings. The van der Waals surface area contributed by atoms with Crippen LogP contribution in [0.5, 0.6) is 0 Å². The molecule has 0 bridgehead atoms. The zero-order valence-corrected chi connectivity index (χ0v) is 10.6. The number of halogens is 1. The lowest BCUT2D eigenvalue weighted by Crippen LogP contribution is -2.37. The molecule has 1 saturated carbocycles. The summed E-state index contributed by atoms with van der Waals surface area (Å²) < 4.78 is 0. The first-order valence-corrected chi connectivity index (χ1v) is 6.55. The average molecular weight is 249 g/mol. The smallest absolute Gasteiger partial charge is 0.0672 e. The summed E-state index contributed by atoms with van der Waals surface area (Å²) in [6.45, 7) is 0.819. The number of nitriles is 1. The molecule has 0 aliphatic heterocycles. The Hall–Kier alpha value is -1.04. The Bertz CT molecular complexity index is 394. The molecule has 2 nitrogen and oxygen atoms in total. The predicted molar refractivity (Wildman–Crippen MR) is 69.7 cm³/mol. The number of nitrogens with one attached hydrogen (secondary N) is 1. The van der Waals surface area contributed by atoms with Crippen molar-refractivity contribution in [2.24, 2.45) is 5.92 Å². The van der Waals surface area contributed by atoms with E-state index in [1.54, 1.807) is 0 Å². The van der Waals surface area contributed by atoms with Crippen LogP contribution in [0.3, 0.4) is 0 Å². The maximum atomic E-state index is 9.09. The van der Waals surface area contributed by atoms with Gasteiger partial charge < -0.3 is 5.32 Å². The maximum Gasteiger partial charge on any atom is 0.0672 e. The standard InChI is InChI=1S/C14H17ClN2/c15-13-7-5-11(6-8-13)10-17-14-4-2-1-3-12(14)9-16/h5-8,12,14,17H,1-4,10H2. The quantitative estimate of drug-likeness (QED) is 0.889. The van der Waals surface area contributed by atoms with Crippen LogP contribution in [0, 0.1) is 17.2 Å². The van der Waals surface area contributed by atoms with Crippen LogP contribution in [-0.2, 0) is 6.54 Å². The Labute approximate surface area is 108 Å². The van der Waals surface area contributed by atoms with E-state index in [9.17, 15) is 0 Å². The zero-order chi connectivity index (χ0) is 12.1. The lowest BCUT2D eigenvalue weighted by atomic mass is 9.85. The van der Waals surface area contributed by atoms with Gasteiger partial charge >= 0.3 is 0 Å². The van der Waals surface area contributed by atoms with Crippen LogP contribution >= 0.6 is 11.6 Å². The van der Waals surface area contributed by atoms with Crippen molar-refractivity contribution in [1.82, 2.24) is 5.32 Å². The normalized spacial score (nSPS) is 24.2. The van der Waals surface area contributed by atoms with E-state index in [4.69, 9.17) is 16.9 Å². The minimum Gasteiger partial charge on any atom is -0.309 e. The molecule has 0 spiro atoms. The highest BCUT2D eigenvalue weighted by atomic mass is 35.5. The molecule has 17 heavy (non-hydrogen) atoms. The molecule has 90 valence electrons. The van der Waals surface area contributed by atoms with Crippen molar-refractivity contribution >= 4 is 11.6 Å².